The number of thiazole rings is 1. The summed E-state index contributed by atoms with van der Waals surface area (Å²) in [5, 5.41) is 20.0. The quantitative estimate of drug-likeness (QED) is 0.0550. The zero-order valence-electron chi connectivity index (χ0n) is 43.3. The lowest BCUT2D eigenvalue weighted by atomic mass is 9.80. The van der Waals surface area contributed by atoms with E-state index in [0.29, 0.717) is 84.2 Å². The first kappa shape index (κ1) is 55.8. The van der Waals surface area contributed by atoms with Crippen molar-refractivity contribution in [1.29, 1.82) is 0 Å². The van der Waals surface area contributed by atoms with Gasteiger partial charge in [-0.05, 0) is 80.2 Å². The second kappa shape index (κ2) is 23.8. The Hall–Kier alpha value is -5.45. The van der Waals surface area contributed by atoms with Crippen LogP contribution in [0, 0.1) is 17.8 Å². The molecule has 0 bridgehead atoms. The molecule has 3 saturated heterocycles. The van der Waals surface area contributed by atoms with Crippen LogP contribution in [0.25, 0.3) is 10.4 Å². The molecule has 2 aromatic carbocycles. The highest BCUT2D eigenvalue weighted by Crippen LogP contribution is 2.41. The van der Waals surface area contributed by atoms with Crippen LogP contribution in [-0.4, -0.2) is 154 Å². The van der Waals surface area contributed by atoms with Gasteiger partial charge in [-0.15, -0.1) is 11.3 Å². The first-order valence-electron chi connectivity index (χ1n) is 25.7. The van der Waals surface area contributed by atoms with Crippen LogP contribution in [0.4, 0.5) is 15.9 Å². The number of hydrogen-bond donors (Lipinski definition) is 5. The van der Waals surface area contributed by atoms with Gasteiger partial charge in [-0.3, -0.25) is 28.9 Å². The van der Waals surface area contributed by atoms with Gasteiger partial charge >= 0.3 is 0 Å². The van der Waals surface area contributed by atoms with E-state index in [1.807, 2.05) is 31.2 Å². The van der Waals surface area contributed by atoms with Crippen LogP contribution < -0.4 is 31.3 Å². The van der Waals surface area contributed by atoms with Gasteiger partial charge in [0.2, 0.25) is 23.6 Å². The second-order valence-corrected chi connectivity index (χ2v) is 23.8. The maximum Gasteiger partial charge on any atom is 0.258 e. The number of benzene rings is 2. The molecule has 3 aliphatic heterocycles. The third-order valence-electron chi connectivity index (χ3n) is 14.6. The fraction of sp³-hybridized carbons (Fsp3) is 0.547. The van der Waals surface area contributed by atoms with E-state index in [1.165, 1.54) is 28.0 Å². The molecule has 75 heavy (non-hydrogen) atoms. The Morgan fingerprint density at radius 1 is 1.01 bits per heavy atom. The zero-order chi connectivity index (χ0) is 53.7. The first-order valence-corrected chi connectivity index (χ1v) is 27.8. The Labute approximate surface area is 451 Å². The molecule has 4 aliphatic rings. The summed E-state index contributed by atoms with van der Waals surface area (Å²) in [5.74, 6) is -1.21. The highest BCUT2D eigenvalue weighted by molar-refractivity contribution is 7.99. The molecular weight excluding hydrogens is 1020 g/mol. The van der Waals surface area contributed by atoms with Gasteiger partial charge < -0.3 is 46.2 Å². The van der Waals surface area contributed by atoms with Crippen molar-refractivity contribution in [2.24, 2.45) is 16.6 Å². The smallest absolute Gasteiger partial charge is 0.258 e. The Morgan fingerprint density at radius 3 is 2.41 bits per heavy atom. The number of likely N-dealkylation sites (tertiary alicyclic amines) is 1. The number of aryl methyl sites for hydroxylation is 1. The van der Waals surface area contributed by atoms with Crippen LogP contribution in [0.1, 0.15) is 83.9 Å². The van der Waals surface area contributed by atoms with E-state index in [2.05, 4.69) is 47.6 Å². The van der Waals surface area contributed by atoms with Crippen LogP contribution in [0.5, 0.6) is 5.75 Å². The average Bonchev–Trinajstić information content (AvgIpc) is 3.80. The number of halogens is 2. The number of aliphatic hydroxyl groups excluding tert-OH is 1. The molecule has 2 unspecified atom stereocenters. The number of alkyl halides is 1. The number of aromatic nitrogens is 3. The molecule has 2 aromatic heterocycles. The van der Waals surface area contributed by atoms with Crippen LogP contribution >= 0.6 is 34.7 Å². The Morgan fingerprint density at radius 2 is 1.76 bits per heavy atom. The monoisotopic (exact) mass is 1090 g/mol. The summed E-state index contributed by atoms with van der Waals surface area (Å²) in [5.41, 5.74) is 8.03. The minimum atomic E-state index is -1.99. The first-order chi connectivity index (χ1) is 35.7. The van der Waals surface area contributed by atoms with Crippen molar-refractivity contribution in [3.05, 3.63) is 70.6 Å². The number of carbonyl (C=O) groups is 5. The van der Waals surface area contributed by atoms with Gasteiger partial charge in [-0.2, -0.15) is 0 Å². The van der Waals surface area contributed by atoms with Crippen molar-refractivity contribution in [2.75, 3.05) is 75.7 Å². The van der Waals surface area contributed by atoms with Gasteiger partial charge in [0.15, 0.2) is 5.67 Å². The normalized spacial score (nSPS) is 19.8. The van der Waals surface area contributed by atoms with Crippen molar-refractivity contribution < 1.29 is 38.2 Å². The fourth-order valence-electron chi connectivity index (χ4n) is 9.51. The summed E-state index contributed by atoms with van der Waals surface area (Å²) in [7, 11) is 0. The number of hydrogen-bond acceptors (Lipinski definition) is 15. The molecule has 22 heteroatoms. The number of nitrogens with one attached hydrogen (secondary N) is 3. The SMILES string of the molecule is Cc1ncsc1-c1ccc(CNC(=O)C2CC(O)CN2C(=O)[C@@H](NC(=O)C2(F)CC2)C(C)(C)C)c(OCCCN2CCN(C(=O)CC(=O)Nc3cccc(Sc4cnc(N5CCC(C)(CN)CC5)cn4)c3Cl)CC2)c1. The van der Waals surface area contributed by atoms with E-state index in [1.54, 1.807) is 55.7 Å². The van der Waals surface area contributed by atoms with Crippen LogP contribution in [0.2, 0.25) is 5.02 Å². The van der Waals surface area contributed by atoms with E-state index in [4.69, 9.17) is 22.1 Å². The number of amides is 5. The molecule has 5 amide bonds. The van der Waals surface area contributed by atoms with E-state index in [0.717, 1.165) is 47.9 Å². The van der Waals surface area contributed by atoms with Crippen LogP contribution in [0.3, 0.4) is 0 Å². The predicted molar refractivity (Wildman–Crippen MR) is 287 cm³/mol. The van der Waals surface area contributed by atoms with E-state index in [-0.39, 0.29) is 50.1 Å². The van der Waals surface area contributed by atoms with Gasteiger partial charge in [0.05, 0.1) is 51.9 Å². The van der Waals surface area contributed by atoms with Crippen molar-refractivity contribution in [1.82, 2.24) is 40.3 Å². The summed E-state index contributed by atoms with van der Waals surface area (Å²) >= 11 is 9.62. The van der Waals surface area contributed by atoms with Crippen molar-refractivity contribution in [2.45, 2.75) is 120 Å². The number of nitrogens with two attached hydrogens (primary N) is 1. The number of aliphatic hydroxyl groups is 1. The third-order valence-corrected chi connectivity index (χ3v) is 17.1. The Balaban J connectivity index is 0.796. The molecule has 3 atom stereocenters. The van der Waals surface area contributed by atoms with Crippen LogP contribution in [-0.2, 0) is 30.5 Å². The Bertz CT molecular complexity index is 2710. The van der Waals surface area contributed by atoms with Gasteiger partial charge in [-0.25, -0.2) is 19.3 Å². The van der Waals surface area contributed by atoms with Gasteiger partial charge in [0.1, 0.15) is 35.1 Å². The lowest BCUT2D eigenvalue weighted by molar-refractivity contribution is -0.145. The molecule has 4 fully saturated rings. The average molecular weight is 1090 g/mol. The zero-order valence-corrected chi connectivity index (χ0v) is 45.7. The van der Waals surface area contributed by atoms with Crippen molar-refractivity contribution >= 4 is 75.7 Å². The number of carbonyl (C=O) groups excluding carboxylic acids is 5. The second-order valence-electron chi connectivity index (χ2n) is 21.5. The predicted octanol–water partition coefficient (Wildman–Crippen LogP) is 5.83. The molecule has 4 aromatic rings. The topological polar surface area (TPSA) is 229 Å². The van der Waals surface area contributed by atoms with E-state index >= 15 is 0 Å². The summed E-state index contributed by atoms with van der Waals surface area (Å²) in [6.45, 7) is 15.1. The highest BCUT2D eigenvalue weighted by atomic mass is 35.5. The molecule has 0 radical (unpaired) electrons. The van der Waals surface area contributed by atoms with Crippen LogP contribution in [0.15, 0.2) is 64.2 Å². The third kappa shape index (κ3) is 13.9. The maximum atomic E-state index is 14.7. The number of ether oxygens (including phenoxy) is 1. The lowest BCUT2D eigenvalue weighted by Crippen LogP contribution is -2.59. The Kier molecular flexibility index (Phi) is 17.7. The summed E-state index contributed by atoms with van der Waals surface area (Å²) in [6, 6.07) is 8.97. The number of piperidine rings is 1. The standard InChI is InChI=1S/C53H69ClFN11O7S2/c1-33-46(74-32-60-33)34-10-11-35(27-59-48(70)38-25-36(67)30-66(38)49(71)47(51(2,3)4)62-50(72)53(55)12-13-53)39(24-34)73-23-7-16-63-19-21-65(22-20-63)44(69)26-42(68)61-37-8-6-9-40(45(37)54)75-43-29-57-41(28-58-43)64-17-14-52(5,31-56)15-18-64/h6,8-11,24,28-29,32,36,38,47,67H,7,12-23,25-27,30-31,56H2,1-5H3,(H,59,70)(H,61,68)(H,62,72)/t36?,38?,47-/m1/s1. The number of nitrogens with zero attached hydrogens (tertiary/aromatic N) is 7. The summed E-state index contributed by atoms with van der Waals surface area (Å²) in [4.78, 5) is 89.8. The summed E-state index contributed by atoms with van der Waals surface area (Å²) < 4.78 is 21.1. The molecule has 6 N–H and O–H groups in total. The highest BCUT2D eigenvalue weighted by Gasteiger charge is 2.53. The lowest BCUT2D eigenvalue weighted by Gasteiger charge is -2.39. The molecule has 8 rings (SSSR count). The summed E-state index contributed by atoms with van der Waals surface area (Å²) in [6.07, 6.45) is 5.08. The number of β-amino-alcohol motifs (C(OH)–C–C–N with tert-alkyl or cyclic N) is 1. The molecule has 1 aliphatic carbocycles. The number of rotatable bonds is 19. The van der Waals surface area contributed by atoms with Crippen molar-refractivity contribution in [3.8, 4) is 16.2 Å². The van der Waals surface area contributed by atoms with Gasteiger partial charge in [0.25, 0.3) is 5.91 Å². The molecule has 404 valence electrons. The van der Waals surface area contributed by atoms with Gasteiger partial charge in [0, 0.05) is 75.8 Å². The molecule has 18 nitrogen and oxygen atoms in total. The molecule has 1 saturated carbocycles. The van der Waals surface area contributed by atoms with E-state index < -0.39 is 52.9 Å². The molecule has 5 heterocycles. The van der Waals surface area contributed by atoms with Gasteiger partial charge in [-0.1, -0.05) is 69.3 Å². The van der Waals surface area contributed by atoms with Crippen molar-refractivity contribution in [3.63, 3.8) is 0 Å². The largest absolute Gasteiger partial charge is 0.493 e. The van der Waals surface area contributed by atoms with E-state index in [9.17, 15) is 33.5 Å². The minimum absolute atomic E-state index is 0.00780. The number of anilines is 2. The fourth-order valence-corrected chi connectivity index (χ4v) is 11.4. The maximum absolute atomic E-state index is 14.7. The minimum Gasteiger partial charge on any atom is -0.493 e. The number of piperazine rings is 1. The molecular formula is C53H69ClFN11O7S2. The molecule has 0 spiro atoms.